The van der Waals surface area contributed by atoms with Gasteiger partial charge in [0, 0.05) is 12.6 Å². The molecule has 0 aromatic heterocycles. The van der Waals surface area contributed by atoms with Crippen molar-refractivity contribution in [3.63, 3.8) is 0 Å². The maximum absolute atomic E-state index is 10.4. The predicted octanol–water partition coefficient (Wildman–Crippen LogP) is 2.27. The van der Waals surface area contributed by atoms with Gasteiger partial charge >= 0.3 is 5.97 Å². The Morgan fingerprint density at radius 3 is 2.73 bits per heavy atom. The first-order valence-electron chi connectivity index (χ1n) is 5.86. The lowest BCUT2D eigenvalue weighted by Crippen LogP contribution is -2.42. The summed E-state index contributed by atoms with van der Waals surface area (Å²) in [6.45, 7) is 7.50. The maximum Gasteiger partial charge on any atom is 0.304 e. The molecule has 0 spiro atoms. The Morgan fingerprint density at radius 2 is 2.20 bits per heavy atom. The minimum Gasteiger partial charge on any atom is -0.481 e. The minimum atomic E-state index is -0.716. The van der Waals surface area contributed by atoms with Crippen LogP contribution in [0, 0.1) is 11.3 Å². The molecular formula is C12H23NO2. The topological polar surface area (TPSA) is 49.3 Å². The largest absolute Gasteiger partial charge is 0.481 e. The van der Waals surface area contributed by atoms with Gasteiger partial charge in [-0.3, -0.25) is 4.79 Å². The first-order valence-corrected chi connectivity index (χ1v) is 5.86. The van der Waals surface area contributed by atoms with Crippen molar-refractivity contribution in [2.24, 2.45) is 11.3 Å². The maximum atomic E-state index is 10.4. The van der Waals surface area contributed by atoms with Crippen molar-refractivity contribution >= 4 is 5.97 Å². The summed E-state index contributed by atoms with van der Waals surface area (Å²) in [6.07, 6.45) is 3.88. The zero-order valence-electron chi connectivity index (χ0n) is 10.0. The van der Waals surface area contributed by atoms with Gasteiger partial charge in [0.1, 0.15) is 0 Å². The van der Waals surface area contributed by atoms with E-state index in [1.54, 1.807) is 0 Å². The summed E-state index contributed by atoms with van der Waals surface area (Å²) < 4.78 is 0. The van der Waals surface area contributed by atoms with E-state index in [1.807, 2.05) is 0 Å². The van der Waals surface area contributed by atoms with Crippen molar-refractivity contribution in [3.8, 4) is 0 Å². The fourth-order valence-electron chi connectivity index (χ4n) is 2.61. The fourth-order valence-corrected chi connectivity index (χ4v) is 2.61. The molecule has 1 saturated carbocycles. The number of carboxylic acid groups (broad SMARTS) is 1. The molecule has 1 aliphatic carbocycles. The Bertz CT molecular complexity index is 226. The molecule has 0 aliphatic heterocycles. The number of hydrogen-bond acceptors (Lipinski definition) is 2. The Kier molecular flexibility index (Phi) is 4.14. The normalized spacial score (nSPS) is 30.1. The van der Waals surface area contributed by atoms with Crippen LogP contribution >= 0.6 is 0 Å². The molecule has 3 heteroatoms. The third-order valence-corrected chi connectivity index (χ3v) is 3.44. The average molecular weight is 213 g/mol. The average Bonchev–Trinajstić information content (AvgIpc) is 2.07. The first kappa shape index (κ1) is 12.5. The monoisotopic (exact) mass is 213 g/mol. The summed E-state index contributed by atoms with van der Waals surface area (Å²) in [6, 6.07) is 0.511. The van der Waals surface area contributed by atoms with E-state index in [0.717, 1.165) is 0 Å². The third kappa shape index (κ3) is 4.20. The molecule has 2 N–H and O–H groups in total. The van der Waals surface area contributed by atoms with Crippen LogP contribution in [0.15, 0.2) is 0 Å². The molecule has 0 amide bonds. The highest BCUT2D eigenvalue weighted by molar-refractivity contribution is 5.66. The van der Waals surface area contributed by atoms with Gasteiger partial charge in [0.05, 0.1) is 6.42 Å². The summed E-state index contributed by atoms with van der Waals surface area (Å²) in [7, 11) is 0. The van der Waals surface area contributed by atoms with Crippen molar-refractivity contribution in [1.29, 1.82) is 0 Å². The highest BCUT2D eigenvalue weighted by Crippen LogP contribution is 2.38. The lowest BCUT2D eigenvalue weighted by molar-refractivity contribution is -0.136. The first-order chi connectivity index (χ1) is 6.91. The molecule has 15 heavy (non-hydrogen) atoms. The van der Waals surface area contributed by atoms with Crippen LogP contribution in [0.2, 0.25) is 0 Å². The highest BCUT2D eigenvalue weighted by Gasteiger charge is 2.31. The minimum absolute atomic E-state index is 0.229. The van der Waals surface area contributed by atoms with Gasteiger partial charge in [-0.25, -0.2) is 0 Å². The van der Waals surface area contributed by atoms with Gasteiger partial charge in [0.15, 0.2) is 0 Å². The Balaban J connectivity index is 2.29. The van der Waals surface area contributed by atoms with Gasteiger partial charge in [-0.2, -0.15) is 0 Å². The van der Waals surface area contributed by atoms with Crippen LogP contribution in [-0.2, 0) is 4.79 Å². The lowest BCUT2D eigenvalue weighted by atomic mass is 9.70. The van der Waals surface area contributed by atoms with Gasteiger partial charge in [-0.1, -0.05) is 20.8 Å². The van der Waals surface area contributed by atoms with E-state index >= 15 is 0 Å². The van der Waals surface area contributed by atoms with E-state index in [9.17, 15) is 4.79 Å². The zero-order chi connectivity index (χ0) is 11.5. The molecule has 0 aromatic rings. The van der Waals surface area contributed by atoms with E-state index in [1.165, 1.54) is 19.3 Å². The van der Waals surface area contributed by atoms with Gasteiger partial charge in [-0.15, -0.1) is 0 Å². The molecule has 0 bridgehead atoms. The molecule has 1 fully saturated rings. The highest BCUT2D eigenvalue weighted by atomic mass is 16.4. The van der Waals surface area contributed by atoms with E-state index in [-0.39, 0.29) is 6.42 Å². The predicted molar refractivity (Wildman–Crippen MR) is 60.8 cm³/mol. The van der Waals surface area contributed by atoms with E-state index in [0.29, 0.717) is 23.9 Å². The van der Waals surface area contributed by atoms with Crippen LogP contribution in [0.4, 0.5) is 0 Å². The number of carbonyl (C=O) groups is 1. The Hall–Kier alpha value is -0.570. The summed E-state index contributed by atoms with van der Waals surface area (Å²) in [5.74, 6) is -0.0613. The lowest BCUT2D eigenvalue weighted by Gasteiger charge is -2.39. The number of carboxylic acids is 1. The summed E-state index contributed by atoms with van der Waals surface area (Å²) in [5.41, 5.74) is 0.463. The number of nitrogens with one attached hydrogen (secondary N) is 1. The SMILES string of the molecule is CC1CC(C)(C)CCC1NCCC(=O)O. The molecule has 88 valence electrons. The fraction of sp³-hybridized carbons (Fsp3) is 0.917. The van der Waals surface area contributed by atoms with Crippen LogP contribution in [0.3, 0.4) is 0 Å². The molecule has 0 saturated heterocycles. The smallest absolute Gasteiger partial charge is 0.304 e. The summed E-state index contributed by atoms with van der Waals surface area (Å²) in [5, 5.41) is 11.9. The molecule has 2 atom stereocenters. The van der Waals surface area contributed by atoms with Gasteiger partial charge in [0.25, 0.3) is 0 Å². The molecule has 0 aromatic carbocycles. The summed E-state index contributed by atoms with van der Waals surface area (Å²) in [4.78, 5) is 10.4. The molecule has 3 nitrogen and oxygen atoms in total. The van der Waals surface area contributed by atoms with Gasteiger partial charge in [-0.05, 0) is 30.6 Å². The molecule has 0 radical (unpaired) electrons. The van der Waals surface area contributed by atoms with Crippen LogP contribution in [0.1, 0.15) is 46.5 Å². The summed E-state index contributed by atoms with van der Waals surface area (Å²) >= 11 is 0. The van der Waals surface area contributed by atoms with E-state index < -0.39 is 5.97 Å². The molecule has 1 aliphatic rings. The van der Waals surface area contributed by atoms with Crippen LogP contribution < -0.4 is 5.32 Å². The quantitative estimate of drug-likeness (QED) is 0.753. The number of rotatable bonds is 4. The second-order valence-corrected chi connectivity index (χ2v) is 5.59. The van der Waals surface area contributed by atoms with Crippen molar-refractivity contribution < 1.29 is 9.90 Å². The van der Waals surface area contributed by atoms with E-state index in [4.69, 9.17) is 5.11 Å². The second-order valence-electron chi connectivity index (χ2n) is 5.59. The van der Waals surface area contributed by atoms with E-state index in [2.05, 4.69) is 26.1 Å². The van der Waals surface area contributed by atoms with Crippen molar-refractivity contribution in [3.05, 3.63) is 0 Å². The van der Waals surface area contributed by atoms with Gasteiger partial charge < -0.3 is 10.4 Å². The van der Waals surface area contributed by atoms with Crippen molar-refractivity contribution in [2.75, 3.05) is 6.54 Å². The van der Waals surface area contributed by atoms with Gasteiger partial charge in [0.2, 0.25) is 0 Å². The standard InChI is InChI=1S/C12H23NO2/c1-9-8-12(2,3)6-4-10(9)13-7-5-11(14)15/h9-10,13H,4-8H2,1-3H3,(H,14,15). The second kappa shape index (κ2) is 4.97. The number of aliphatic carboxylic acids is 1. The van der Waals surface area contributed by atoms with Crippen LogP contribution in [0.25, 0.3) is 0 Å². The molecule has 0 heterocycles. The third-order valence-electron chi connectivity index (χ3n) is 3.44. The molecular weight excluding hydrogens is 190 g/mol. The molecule has 2 unspecified atom stereocenters. The van der Waals surface area contributed by atoms with Crippen molar-refractivity contribution in [1.82, 2.24) is 5.32 Å². The number of hydrogen-bond donors (Lipinski definition) is 2. The van der Waals surface area contributed by atoms with Crippen molar-refractivity contribution in [2.45, 2.75) is 52.5 Å². The van der Waals surface area contributed by atoms with Crippen LogP contribution in [0.5, 0.6) is 0 Å². The Morgan fingerprint density at radius 1 is 1.53 bits per heavy atom. The zero-order valence-corrected chi connectivity index (χ0v) is 10.0. The molecule has 1 rings (SSSR count). The Labute approximate surface area is 92.3 Å². The van der Waals surface area contributed by atoms with Crippen LogP contribution in [-0.4, -0.2) is 23.7 Å².